The molecular weight excluding hydrogens is 391 g/mol. The summed E-state index contributed by atoms with van der Waals surface area (Å²) in [5.74, 6) is 4.38. The lowest BCUT2D eigenvalue weighted by Crippen LogP contribution is -2.53. The van der Waals surface area contributed by atoms with Crippen LogP contribution in [0.4, 0.5) is 0 Å². The quantitative estimate of drug-likeness (QED) is 0.239. The fourth-order valence-electron chi connectivity index (χ4n) is 2.89. The molecule has 0 aromatic rings. The van der Waals surface area contributed by atoms with Gasteiger partial charge >= 0.3 is 0 Å². The van der Waals surface area contributed by atoms with Gasteiger partial charge in [-0.3, -0.25) is 9.89 Å². The Bertz CT molecular complexity index is 369. The van der Waals surface area contributed by atoms with Gasteiger partial charge in [-0.15, -0.1) is 36.3 Å². The lowest BCUT2D eigenvalue weighted by molar-refractivity contribution is 0.139. The minimum atomic E-state index is 0. The molecule has 0 spiro atoms. The Kier molecular flexibility index (Phi) is 9.84. The number of halogens is 1. The zero-order valence-electron chi connectivity index (χ0n) is 13.6. The van der Waals surface area contributed by atoms with E-state index in [0.717, 1.165) is 57.8 Å². The van der Waals surface area contributed by atoms with Crippen LogP contribution in [0.5, 0.6) is 0 Å². The highest BCUT2D eigenvalue weighted by atomic mass is 127. The van der Waals surface area contributed by atoms with E-state index in [4.69, 9.17) is 11.2 Å². The van der Waals surface area contributed by atoms with Crippen molar-refractivity contribution < 1.29 is 4.74 Å². The van der Waals surface area contributed by atoms with Crippen LogP contribution >= 0.6 is 24.0 Å². The molecule has 2 heterocycles. The first-order valence-electron chi connectivity index (χ1n) is 8.10. The first-order valence-corrected chi connectivity index (χ1v) is 8.10. The highest BCUT2D eigenvalue weighted by Crippen LogP contribution is 2.15. The van der Waals surface area contributed by atoms with E-state index in [2.05, 4.69) is 33.0 Å². The minimum absolute atomic E-state index is 0. The van der Waals surface area contributed by atoms with Gasteiger partial charge in [0.1, 0.15) is 0 Å². The Balaban J connectivity index is 0.00000242. The molecule has 1 atom stereocenters. The third-order valence-electron chi connectivity index (χ3n) is 4.06. The van der Waals surface area contributed by atoms with Gasteiger partial charge in [0, 0.05) is 52.3 Å². The molecule has 0 aromatic carbocycles. The summed E-state index contributed by atoms with van der Waals surface area (Å²) >= 11 is 0. The van der Waals surface area contributed by atoms with Gasteiger partial charge in [-0.05, 0) is 19.3 Å². The molecule has 2 aliphatic heterocycles. The zero-order valence-corrected chi connectivity index (χ0v) is 15.9. The Morgan fingerprint density at radius 2 is 2.14 bits per heavy atom. The van der Waals surface area contributed by atoms with Crippen molar-refractivity contribution in [1.82, 2.24) is 15.1 Å². The second-order valence-electron chi connectivity index (χ2n) is 5.71. The molecule has 5 nitrogen and oxygen atoms in total. The van der Waals surface area contributed by atoms with Crippen LogP contribution in [0.2, 0.25) is 0 Å². The molecule has 0 bridgehead atoms. The molecule has 126 valence electrons. The molecule has 2 rings (SSSR count). The van der Waals surface area contributed by atoms with Crippen LogP contribution in [-0.4, -0.2) is 74.8 Å². The molecule has 1 unspecified atom stereocenters. The monoisotopic (exact) mass is 420 g/mol. The molecule has 0 aliphatic carbocycles. The summed E-state index contributed by atoms with van der Waals surface area (Å²) in [6, 6.07) is 0. The van der Waals surface area contributed by atoms with Crippen LogP contribution in [0.15, 0.2) is 4.99 Å². The first kappa shape index (κ1) is 19.5. The molecule has 1 N–H and O–H groups in total. The summed E-state index contributed by atoms with van der Waals surface area (Å²) in [5, 5.41) is 3.37. The van der Waals surface area contributed by atoms with Crippen LogP contribution in [0.3, 0.4) is 0 Å². The van der Waals surface area contributed by atoms with Gasteiger partial charge < -0.3 is 15.0 Å². The third-order valence-corrected chi connectivity index (χ3v) is 4.06. The van der Waals surface area contributed by atoms with Gasteiger partial charge in [0.25, 0.3) is 0 Å². The average molecular weight is 420 g/mol. The van der Waals surface area contributed by atoms with Crippen molar-refractivity contribution in [2.45, 2.75) is 19.8 Å². The number of aliphatic imine (C=N–C) groups is 1. The van der Waals surface area contributed by atoms with E-state index in [0.29, 0.717) is 13.0 Å². The van der Waals surface area contributed by atoms with Gasteiger partial charge in [0.15, 0.2) is 5.96 Å². The van der Waals surface area contributed by atoms with Crippen molar-refractivity contribution in [2.24, 2.45) is 10.9 Å². The third kappa shape index (κ3) is 6.31. The minimum Gasteiger partial charge on any atom is -0.381 e. The van der Waals surface area contributed by atoms with Gasteiger partial charge in [0.05, 0.1) is 13.2 Å². The van der Waals surface area contributed by atoms with Crippen molar-refractivity contribution in [3.8, 4) is 12.3 Å². The Morgan fingerprint density at radius 3 is 2.73 bits per heavy atom. The van der Waals surface area contributed by atoms with E-state index in [9.17, 15) is 0 Å². The van der Waals surface area contributed by atoms with Gasteiger partial charge in [-0.25, -0.2) is 0 Å². The summed E-state index contributed by atoms with van der Waals surface area (Å²) in [5.41, 5.74) is 0. The summed E-state index contributed by atoms with van der Waals surface area (Å²) < 4.78 is 5.46. The molecule has 0 saturated carbocycles. The van der Waals surface area contributed by atoms with Crippen molar-refractivity contribution in [3.05, 3.63) is 0 Å². The highest BCUT2D eigenvalue weighted by Gasteiger charge is 2.23. The topological polar surface area (TPSA) is 40.1 Å². The van der Waals surface area contributed by atoms with E-state index in [-0.39, 0.29) is 24.0 Å². The highest BCUT2D eigenvalue weighted by molar-refractivity contribution is 14.0. The lowest BCUT2D eigenvalue weighted by atomic mass is 10.1. The molecule has 0 amide bonds. The average Bonchev–Trinajstić information content (AvgIpc) is 3.00. The molecule has 0 aromatic heterocycles. The number of nitrogens with zero attached hydrogens (tertiary/aromatic N) is 3. The summed E-state index contributed by atoms with van der Waals surface area (Å²) in [4.78, 5) is 9.51. The molecule has 22 heavy (non-hydrogen) atoms. The number of nitrogens with one attached hydrogen (secondary N) is 1. The molecule has 0 radical (unpaired) electrons. The molecule has 6 heteroatoms. The maximum atomic E-state index is 5.46. The van der Waals surface area contributed by atoms with E-state index in [1.165, 1.54) is 13.0 Å². The van der Waals surface area contributed by atoms with E-state index in [1.54, 1.807) is 0 Å². The van der Waals surface area contributed by atoms with Gasteiger partial charge in [0.2, 0.25) is 0 Å². The number of rotatable bonds is 5. The fourth-order valence-corrected chi connectivity index (χ4v) is 2.89. The van der Waals surface area contributed by atoms with Gasteiger partial charge in [-0.1, -0.05) is 0 Å². The SMILES string of the molecule is C#CCCN=C(NCC)N1CCN(CC2CCOC2)CC1.I. The number of guanidine groups is 1. The molecular formula is C16H29IN4O. The van der Waals surface area contributed by atoms with Crippen LogP contribution in [0.25, 0.3) is 0 Å². The normalized spacial score (nSPS) is 23.0. The Morgan fingerprint density at radius 1 is 1.36 bits per heavy atom. The predicted molar refractivity (Wildman–Crippen MR) is 102 cm³/mol. The number of terminal acetylenes is 1. The zero-order chi connectivity index (χ0) is 14.9. The molecule has 2 saturated heterocycles. The maximum absolute atomic E-state index is 5.46. The van der Waals surface area contributed by atoms with E-state index in [1.807, 2.05) is 0 Å². The molecule has 2 aliphatic rings. The van der Waals surface area contributed by atoms with E-state index < -0.39 is 0 Å². The van der Waals surface area contributed by atoms with Crippen LogP contribution in [0, 0.1) is 18.3 Å². The van der Waals surface area contributed by atoms with Crippen molar-refractivity contribution in [3.63, 3.8) is 0 Å². The lowest BCUT2D eigenvalue weighted by Gasteiger charge is -2.37. The summed E-state index contributed by atoms with van der Waals surface area (Å²) in [6.45, 7) is 11.1. The number of ether oxygens (including phenoxy) is 1. The number of piperazine rings is 1. The number of hydrogen-bond donors (Lipinski definition) is 1. The van der Waals surface area contributed by atoms with Gasteiger partial charge in [-0.2, -0.15) is 0 Å². The van der Waals surface area contributed by atoms with Crippen LogP contribution in [0.1, 0.15) is 19.8 Å². The Hall–Kier alpha value is -0.520. The maximum Gasteiger partial charge on any atom is 0.194 e. The number of hydrogen-bond acceptors (Lipinski definition) is 3. The predicted octanol–water partition coefficient (Wildman–Crippen LogP) is 1.25. The first-order chi connectivity index (χ1) is 10.3. The second kappa shape index (κ2) is 11.1. The summed E-state index contributed by atoms with van der Waals surface area (Å²) in [7, 11) is 0. The standard InChI is InChI=1S/C16H28N4O.HI/c1-3-5-7-18-16(17-4-2)20-10-8-19(9-11-20)13-15-6-12-21-14-15;/h1,15H,4-14H2,2H3,(H,17,18);1H. The van der Waals surface area contributed by atoms with Crippen molar-refractivity contribution in [2.75, 3.05) is 59.0 Å². The van der Waals surface area contributed by atoms with Crippen molar-refractivity contribution >= 4 is 29.9 Å². The van der Waals surface area contributed by atoms with Crippen molar-refractivity contribution in [1.29, 1.82) is 0 Å². The fraction of sp³-hybridized carbons (Fsp3) is 0.812. The Labute approximate surface area is 151 Å². The van der Waals surface area contributed by atoms with Crippen LogP contribution in [-0.2, 0) is 4.74 Å². The second-order valence-corrected chi connectivity index (χ2v) is 5.71. The molecule has 2 fully saturated rings. The smallest absolute Gasteiger partial charge is 0.194 e. The van der Waals surface area contributed by atoms with Crippen LogP contribution < -0.4 is 5.32 Å². The largest absolute Gasteiger partial charge is 0.381 e. The summed E-state index contributed by atoms with van der Waals surface area (Å²) in [6.07, 6.45) is 7.22. The van der Waals surface area contributed by atoms with E-state index >= 15 is 0 Å².